The summed E-state index contributed by atoms with van der Waals surface area (Å²) in [5.41, 5.74) is 2.68. The van der Waals surface area contributed by atoms with Crippen molar-refractivity contribution < 1.29 is 8.78 Å². The monoisotopic (exact) mass is 388 g/mol. The number of allylic oxidation sites excluding steroid dienone is 1. The molecule has 0 aromatic heterocycles. The molecule has 2 aliphatic rings. The molecule has 0 radical (unpaired) electrons. The summed E-state index contributed by atoms with van der Waals surface area (Å²) in [5.74, 6) is -1.41. The van der Waals surface area contributed by atoms with Crippen molar-refractivity contribution in [3.05, 3.63) is 41.5 Å². The predicted octanol–water partition coefficient (Wildman–Crippen LogP) is 8.31. The lowest BCUT2D eigenvalue weighted by molar-refractivity contribution is -0.114. The maximum Gasteiger partial charge on any atom is 0.251 e. The number of halogens is 2. The van der Waals surface area contributed by atoms with Crippen LogP contribution in [0.1, 0.15) is 89.2 Å². The van der Waals surface area contributed by atoms with Crippen molar-refractivity contribution in [3.8, 4) is 0 Å². The third kappa shape index (κ3) is 5.67. The molecular weight excluding hydrogens is 350 g/mol. The first-order valence-corrected chi connectivity index (χ1v) is 11.7. The average Bonchev–Trinajstić information content (AvgIpc) is 2.69. The molecule has 0 saturated heterocycles. The smallest absolute Gasteiger partial charge is 0.207 e. The number of aryl methyl sites for hydroxylation is 1. The van der Waals surface area contributed by atoms with Gasteiger partial charge in [-0.05, 0) is 80.2 Å². The predicted molar refractivity (Wildman–Crippen MR) is 116 cm³/mol. The fourth-order valence-electron chi connectivity index (χ4n) is 5.49. The van der Waals surface area contributed by atoms with E-state index in [-0.39, 0.29) is 18.3 Å². The lowest BCUT2D eigenvalue weighted by Gasteiger charge is -2.41. The third-order valence-corrected chi connectivity index (χ3v) is 7.22. The molecule has 2 atom stereocenters. The highest BCUT2D eigenvalue weighted by molar-refractivity contribution is 5.50. The minimum atomic E-state index is -2.43. The highest BCUT2D eigenvalue weighted by Crippen LogP contribution is 2.48. The van der Waals surface area contributed by atoms with Gasteiger partial charge in [0.2, 0.25) is 0 Å². The van der Waals surface area contributed by atoms with E-state index in [0.29, 0.717) is 18.3 Å². The summed E-state index contributed by atoms with van der Waals surface area (Å²) in [7, 11) is 0. The fraction of sp³-hybridized carbons (Fsp3) is 0.692. The Balaban J connectivity index is 1.47. The molecule has 2 saturated carbocycles. The van der Waals surface area contributed by atoms with Crippen LogP contribution in [-0.4, -0.2) is 5.92 Å². The Kier molecular flexibility index (Phi) is 7.71. The zero-order valence-corrected chi connectivity index (χ0v) is 17.8. The Morgan fingerprint density at radius 1 is 0.893 bits per heavy atom. The Bertz CT molecular complexity index is 608. The summed E-state index contributed by atoms with van der Waals surface area (Å²) < 4.78 is 29.0. The van der Waals surface area contributed by atoms with Gasteiger partial charge in [-0.15, -0.1) is 0 Å². The van der Waals surface area contributed by atoms with Crippen LogP contribution in [0.3, 0.4) is 0 Å². The van der Waals surface area contributed by atoms with Gasteiger partial charge in [-0.3, -0.25) is 0 Å². The van der Waals surface area contributed by atoms with Crippen LogP contribution in [0.2, 0.25) is 0 Å². The van der Waals surface area contributed by atoms with Crippen molar-refractivity contribution >= 4 is 6.08 Å². The maximum atomic E-state index is 14.5. The van der Waals surface area contributed by atoms with Gasteiger partial charge in [-0.1, -0.05) is 63.1 Å². The summed E-state index contributed by atoms with van der Waals surface area (Å²) in [6, 6.07) is 8.89. The normalized spacial score (nSPS) is 30.6. The summed E-state index contributed by atoms with van der Waals surface area (Å²) >= 11 is 0. The lowest BCUT2D eigenvalue weighted by atomic mass is 9.67. The second-order valence-corrected chi connectivity index (χ2v) is 9.31. The number of benzene rings is 1. The van der Waals surface area contributed by atoms with Crippen LogP contribution in [0.5, 0.6) is 0 Å². The summed E-state index contributed by atoms with van der Waals surface area (Å²) in [4.78, 5) is 0. The first-order chi connectivity index (χ1) is 13.5. The van der Waals surface area contributed by atoms with E-state index < -0.39 is 5.92 Å². The Morgan fingerprint density at radius 2 is 1.57 bits per heavy atom. The quantitative estimate of drug-likeness (QED) is 0.440. The molecule has 0 aliphatic heterocycles. The van der Waals surface area contributed by atoms with Crippen LogP contribution in [0, 0.1) is 23.7 Å². The Hall–Kier alpha value is -1.18. The molecule has 0 nitrogen and oxygen atoms in total. The van der Waals surface area contributed by atoms with E-state index in [2.05, 4.69) is 43.3 Å². The van der Waals surface area contributed by atoms with Crippen LogP contribution in [0.25, 0.3) is 6.08 Å². The van der Waals surface area contributed by atoms with Crippen LogP contribution in [0.15, 0.2) is 30.3 Å². The van der Waals surface area contributed by atoms with E-state index in [1.807, 2.05) is 6.92 Å². The van der Waals surface area contributed by atoms with Crippen molar-refractivity contribution in [3.63, 3.8) is 0 Å². The second kappa shape index (κ2) is 10.0. The van der Waals surface area contributed by atoms with Crippen LogP contribution in [0.4, 0.5) is 8.78 Å². The molecule has 1 aromatic carbocycles. The van der Waals surface area contributed by atoms with Gasteiger partial charge in [0, 0.05) is 12.3 Å². The number of rotatable bonds is 7. The minimum Gasteiger partial charge on any atom is -0.207 e. The second-order valence-electron chi connectivity index (χ2n) is 9.31. The highest BCUT2D eigenvalue weighted by atomic mass is 19.3. The van der Waals surface area contributed by atoms with E-state index in [1.165, 1.54) is 17.5 Å². The molecule has 2 aliphatic carbocycles. The highest BCUT2D eigenvalue weighted by Gasteiger charge is 2.46. The zero-order chi connectivity index (χ0) is 20.0. The Labute approximate surface area is 170 Å². The fourth-order valence-corrected chi connectivity index (χ4v) is 5.49. The first kappa shape index (κ1) is 21.5. The number of hydrogen-bond donors (Lipinski definition) is 0. The van der Waals surface area contributed by atoms with Gasteiger partial charge < -0.3 is 0 Å². The van der Waals surface area contributed by atoms with Gasteiger partial charge in [-0.2, -0.15) is 0 Å². The molecule has 2 heteroatoms. The van der Waals surface area contributed by atoms with Crippen LogP contribution in [-0.2, 0) is 6.42 Å². The van der Waals surface area contributed by atoms with Crippen LogP contribution < -0.4 is 0 Å². The van der Waals surface area contributed by atoms with E-state index >= 15 is 0 Å². The van der Waals surface area contributed by atoms with Gasteiger partial charge in [0.1, 0.15) is 0 Å². The molecule has 0 N–H and O–H groups in total. The molecule has 1 aromatic rings. The lowest BCUT2D eigenvalue weighted by Crippen LogP contribution is -2.38. The van der Waals surface area contributed by atoms with E-state index in [4.69, 9.17) is 0 Å². The van der Waals surface area contributed by atoms with Crippen molar-refractivity contribution in [1.29, 1.82) is 0 Å². The summed E-state index contributed by atoms with van der Waals surface area (Å²) in [5, 5.41) is 0. The summed E-state index contributed by atoms with van der Waals surface area (Å²) in [6.45, 7) is 4.23. The van der Waals surface area contributed by atoms with Crippen molar-refractivity contribution in [2.24, 2.45) is 23.7 Å². The molecule has 0 spiro atoms. The van der Waals surface area contributed by atoms with Crippen LogP contribution >= 0.6 is 0 Å². The van der Waals surface area contributed by atoms with Crippen molar-refractivity contribution in [2.75, 3.05) is 0 Å². The third-order valence-electron chi connectivity index (χ3n) is 7.22. The molecule has 2 unspecified atom stereocenters. The van der Waals surface area contributed by atoms with E-state index in [9.17, 15) is 8.78 Å². The van der Waals surface area contributed by atoms with Gasteiger partial charge >= 0.3 is 0 Å². The van der Waals surface area contributed by atoms with Crippen molar-refractivity contribution in [2.45, 2.75) is 90.4 Å². The molecule has 28 heavy (non-hydrogen) atoms. The first-order valence-electron chi connectivity index (χ1n) is 11.7. The molecule has 156 valence electrons. The molecule has 2 fully saturated rings. The molecular formula is C26H38F2. The molecule has 3 rings (SSSR count). The molecule has 0 heterocycles. The van der Waals surface area contributed by atoms with Gasteiger partial charge in [0.05, 0.1) is 0 Å². The maximum absolute atomic E-state index is 14.5. The molecule has 0 bridgehead atoms. The largest absolute Gasteiger partial charge is 0.251 e. The number of alkyl halides is 2. The average molecular weight is 389 g/mol. The van der Waals surface area contributed by atoms with Crippen molar-refractivity contribution in [1.82, 2.24) is 0 Å². The van der Waals surface area contributed by atoms with Gasteiger partial charge in [-0.25, -0.2) is 8.78 Å². The number of hydrogen-bond acceptors (Lipinski definition) is 0. The Morgan fingerprint density at radius 3 is 2.18 bits per heavy atom. The minimum absolute atomic E-state index is 0.146. The van der Waals surface area contributed by atoms with E-state index in [0.717, 1.165) is 51.4 Å². The summed E-state index contributed by atoms with van der Waals surface area (Å²) in [6.07, 6.45) is 15.0. The van der Waals surface area contributed by atoms with Gasteiger partial charge in [0.15, 0.2) is 0 Å². The van der Waals surface area contributed by atoms with Gasteiger partial charge in [0.25, 0.3) is 5.92 Å². The molecule has 0 amide bonds. The van der Waals surface area contributed by atoms with E-state index in [1.54, 1.807) is 0 Å². The zero-order valence-electron chi connectivity index (χ0n) is 17.8. The standard InChI is InChI=1S/C26H38F2/c1-3-5-20-7-9-21(10-8-20)11-12-22-13-15-23(16-14-22)24-17-18-25(6-4-2)26(27,28)19-24/h7-12,22-25H,3-6,13-19H2,1-2H3/b12-11+. The SMILES string of the molecule is CCCc1ccc(/C=C/C2CCC(C3CCC(CCC)C(F)(F)C3)CC2)cc1. The topological polar surface area (TPSA) is 0 Å².